The van der Waals surface area contributed by atoms with Gasteiger partial charge in [0.2, 0.25) is 5.91 Å². The molecule has 3 aliphatic rings. The molecule has 114 valence electrons. The number of amides is 1. The van der Waals surface area contributed by atoms with Crippen molar-refractivity contribution in [3.8, 4) is 0 Å². The van der Waals surface area contributed by atoms with Crippen molar-refractivity contribution in [1.29, 1.82) is 0 Å². The van der Waals surface area contributed by atoms with Gasteiger partial charge < -0.3 is 4.90 Å². The van der Waals surface area contributed by atoms with E-state index in [1.807, 2.05) is 23.1 Å². The quantitative estimate of drug-likeness (QED) is 0.927. The highest BCUT2D eigenvalue weighted by molar-refractivity contribution is 8.00. The Morgan fingerprint density at radius 2 is 2.19 bits per heavy atom. The molecule has 1 N–H and O–H groups in total. The Kier molecular flexibility index (Phi) is 3.18. The van der Waals surface area contributed by atoms with E-state index in [0.717, 1.165) is 19.4 Å². The van der Waals surface area contributed by atoms with Crippen LogP contribution in [0.4, 0.5) is 0 Å². The van der Waals surface area contributed by atoms with Crippen molar-refractivity contribution in [2.24, 2.45) is 0 Å². The third kappa shape index (κ3) is 2.34. The van der Waals surface area contributed by atoms with Gasteiger partial charge in [-0.2, -0.15) is 11.8 Å². The minimum absolute atomic E-state index is 0.0942. The molecule has 2 atom stereocenters. The van der Waals surface area contributed by atoms with Crippen molar-refractivity contribution in [3.05, 3.63) is 21.9 Å². The van der Waals surface area contributed by atoms with Crippen molar-refractivity contribution >= 4 is 29.0 Å². The molecule has 2 aliphatic heterocycles. The lowest BCUT2D eigenvalue weighted by molar-refractivity contribution is -0.131. The molecule has 1 saturated carbocycles. The van der Waals surface area contributed by atoms with Crippen LogP contribution in [0, 0.1) is 6.92 Å². The maximum atomic E-state index is 12.9. The minimum Gasteiger partial charge on any atom is -0.319 e. The van der Waals surface area contributed by atoms with Crippen molar-refractivity contribution in [2.75, 3.05) is 12.3 Å². The van der Waals surface area contributed by atoms with E-state index in [-0.39, 0.29) is 16.5 Å². The van der Waals surface area contributed by atoms with Gasteiger partial charge in [0.05, 0.1) is 0 Å². The summed E-state index contributed by atoms with van der Waals surface area (Å²) < 4.78 is 0.238. The van der Waals surface area contributed by atoms with Crippen molar-refractivity contribution in [2.45, 2.75) is 56.0 Å². The van der Waals surface area contributed by atoms with Crippen LogP contribution in [0.1, 0.15) is 48.5 Å². The highest BCUT2D eigenvalue weighted by atomic mass is 32.2. The zero-order chi connectivity index (χ0) is 14.7. The van der Waals surface area contributed by atoms with Crippen LogP contribution in [-0.4, -0.2) is 33.4 Å². The maximum Gasteiger partial charge on any atom is 0.244 e. The van der Waals surface area contributed by atoms with Gasteiger partial charge in [0.25, 0.3) is 0 Å². The number of rotatable bonds is 3. The van der Waals surface area contributed by atoms with Gasteiger partial charge in [0.15, 0.2) is 0 Å². The summed E-state index contributed by atoms with van der Waals surface area (Å²) in [4.78, 5) is 17.6. The number of hydrogen-bond donors (Lipinski definition) is 1. The first-order valence-electron chi connectivity index (χ1n) is 7.81. The Morgan fingerprint density at radius 3 is 2.76 bits per heavy atom. The van der Waals surface area contributed by atoms with Gasteiger partial charge in [-0.1, -0.05) is 0 Å². The number of aryl methyl sites for hydroxylation is 1. The Morgan fingerprint density at radius 1 is 1.38 bits per heavy atom. The summed E-state index contributed by atoms with van der Waals surface area (Å²) in [5.74, 6) is 1.58. The Bertz CT molecular complexity index is 573. The van der Waals surface area contributed by atoms with E-state index in [2.05, 4.69) is 36.2 Å². The van der Waals surface area contributed by atoms with Gasteiger partial charge in [-0.3, -0.25) is 10.1 Å². The number of nitrogens with zero attached hydrogens (tertiary/aromatic N) is 1. The summed E-state index contributed by atoms with van der Waals surface area (Å²) in [5.41, 5.74) is -0.220. The number of hydrogen-bond acceptors (Lipinski definition) is 4. The van der Waals surface area contributed by atoms with Crippen LogP contribution in [0.3, 0.4) is 0 Å². The molecule has 3 fully saturated rings. The molecule has 1 aliphatic carbocycles. The number of thioether (sulfide) groups is 1. The Balaban J connectivity index is 1.62. The Hall–Kier alpha value is -0.520. The molecule has 21 heavy (non-hydrogen) atoms. The monoisotopic (exact) mass is 322 g/mol. The molecule has 0 radical (unpaired) electrons. The van der Waals surface area contributed by atoms with Gasteiger partial charge in [0.1, 0.15) is 11.7 Å². The molecule has 3 nitrogen and oxygen atoms in total. The number of carbonyl (C=O) groups excluding carboxylic acids is 1. The van der Waals surface area contributed by atoms with Crippen molar-refractivity contribution in [1.82, 2.24) is 10.2 Å². The lowest BCUT2D eigenvalue weighted by Gasteiger charge is -2.32. The van der Waals surface area contributed by atoms with E-state index in [0.29, 0.717) is 5.91 Å². The summed E-state index contributed by atoms with van der Waals surface area (Å²) in [6.07, 6.45) is 4.62. The standard InChI is InChI=1S/C16H22N2OS2/c1-11-4-5-12(21-11)13-17-16(7-8-16)14(19)18(13)10-15(2)6-3-9-20-15/h4-5,13,17H,3,6-10H2,1-2H3. The normalized spacial score (nSPS) is 34.1. The molecular weight excluding hydrogens is 300 g/mol. The van der Waals surface area contributed by atoms with Crippen LogP contribution in [-0.2, 0) is 4.79 Å². The fraction of sp³-hybridized carbons (Fsp3) is 0.688. The number of thiophene rings is 1. The second-order valence-electron chi connectivity index (χ2n) is 6.91. The van der Waals surface area contributed by atoms with Gasteiger partial charge in [-0.15, -0.1) is 11.3 Å². The molecule has 2 unspecified atom stereocenters. The third-order valence-electron chi connectivity index (χ3n) is 4.98. The van der Waals surface area contributed by atoms with Crippen LogP contribution in [0.15, 0.2) is 12.1 Å². The van der Waals surface area contributed by atoms with Crippen LogP contribution >= 0.6 is 23.1 Å². The molecule has 1 spiro atoms. The largest absolute Gasteiger partial charge is 0.319 e. The van der Waals surface area contributed by atoms with Gasteiger partial charge >= 0.3 is 0 Å². The second kappa shape index (κ2) is 4.74. The fourth-order valence-corrected chi connectivity index (χ4v) is 5.83. The highest BCUT2D eigenvalue weighted by Crippen LogP contribution is 2.49. The molecule has 4 rings (SSSR count). The molecule has 0 aromatic carbocycles. The maximum absolute atomic E-state index is 12.9. The molecule has 0 bridgehead atoms. The summed E-state index contributed by atoms with van der Waals surface area (Å²) in [6, 6.07) is 4.34. The number of carbonyl (C=O) groups is 1. The van der Waals surface area contributed by atoms with Gasteiger partial charge in [-0.25, -0.2) is 0 Å². The van der Waals surface area contributed by atoms with E-state index in [4.69, 9.17) is 0 Å². The average molecular weight is 322 g/mol. The van der Waals surface area contributed by atoms with Crippen molar-refractivity contribution < 1.29 is 4.79 Å². The van der Waals surface area contributed by atoms with E-state index in [1.165, 1.54) is 28.3 Å². The summed E-state index contributed by atoms with van der Waals surface area (Å²) in [7, 11) is 0. The average Bonchev–Trinajstić information content (AvgIpc) is 2.76. The first-order chi connectivity index (χ1) is 10.0. The van der Waals surface area contributed by atoms with E-state index in [1.54, 1.807) is 0 Å². The zero-order valence-electron chi connectivity index (χ0n) is 12.6. The number of nitrogens with one attached hydrogen (secondary N) is 1. The molecule has 3 heterocycles. The topological polar surface area (TPSA) is 32.3 Å². The highest BCUT2D eigenvalue weighted by Gasteiger charge is 2.60. The van der Waals surface area contributed by atoms with Crippen LogP contribution < -0.4 is 5.32 Å². The van der Waals surface area contributed by atoms with Crippen LogP contribution in [0.5, 0.6) is 0 Å². The molecule has 1 amide bonds. The van der Waals surface area contributed by atoms with Crippen LogP contribution in [0.2, 0.25) is 0 Å². The first-order valence-corrected chi connectivity index (χ1v) is 9.61. The smallest absolute Gasteiger partial charge is 0.244 e. The van der Waals surface area contributed by atoms with E-state index in [9.17, 15) is 4.79 Å². The SMILES string of the molecule is Cc1ccc(C2NC3(CC3)C(=O)N2CC2(C)CCCS2)s1. The minimum atomic E-state index is -0.220. The second-order valence-corrected chi connectivity index (χ2v) is 9.91. The fourth-order valence-electron chi connectivity index (χ4n) is 3.59. The summed E-state index contributed by atoms with van der Waals surface area (Å²) >= 11 is 3.85. The summed E-state index contributed by atoms with van der Waals surface area (Å²) in [6.45, 7) is 5.34. The predicted octanol–water partition coefficient (Wildman–Crippen LogP) is 3.31. The lowest BCUT2D eigenvalue weighted by Crippen LogP contribution is -2.41. The van der Waals surface area contributed by atoms with Gasteiger partial charge in [0, 0.05) is 21.0 Å². The van der Waals surface area contributed by atoms with Crippen LogP contribution in [0.25, 0.3) is 0 Å². The summed E-state index contributed by atoms with van der Waals surface area (Å²) in [5, 5.41) is 3.64. The van der Waals surface area contributed by atoms with Gasteiger partial charge in [-0.05, 0) is 57.4 Å². The molecule has 1 aromatic rings. The zero-order valence-corrected chi connectivity index (χ0v) is 14.3. The van der Waals surface area contributed by atoms with Crippen molar-refractivity contribution in [3.63, 3.8) is 0 Å². The molecular formula is C16H22N2OS2. The van der Waals surface area contributed by atoms with E-state index >= 15 is 0 Å². The molecule has 5 heteroatoms. The van der Waals surface area contributed by atoms with E-state index < -0.39 is 0 Å². The first kappa shape index (κ1) is 14.1. The lowest BCUT2D eigenvalue weighted by atomic mass is 10.0. The third-order valence-corrected chi connectivity index (χ3v) is 7.56. The molecule has 2 saturated heterocycles. The Labute approximate surface area is 134 Å². The predicted molar refractivity (Wildman–Crippen MR) is 88.7 cm³/mol. The molecule has 1 aromatic heterocycles.